The molecule has 0 aliphatic carbocycles. The monoisotopic (exact) mass is 422 g/mol. The van der Waals surface area contributed by atoms with E-state index in [0.29, 0.717) is 25.5 Å². The third-order valence-corrected chi connectivity index (χ3v) is 5.76. The van der Waals surface area contributed by atoms with Crippen LogP contribution in [-0.4, -0.2) is 58.2 Å². The summed E-state index contributed by atoms with van der Waals surface area (Å²) >= 11 is 0. The van der Waals surface area contributed by atoms with Gasteiger partial charge in [-0.25, -0.2) is 14.6 Å². The maximum atomic E-state index is 13.5. The van der Waals surface area contributed by atoms with Gasteiger partial charge in [0.2, 0.25) is 0 Å². The number of carbonyl (C=O) groups excluding carboxylic acids is 2. The second kappa shape index (κ2) is 8.57. The summed E-state index contributed by atoms with van der Waals surface area (Å²) in [4.78, 5) is 35.8. The summed E-state index contributed by atoms with van der Waals surface area (Å²) < 4.78 is 5.51. The van der Waals surface area contributed by atoms with E-state index in [-0.39, 0.29) is 24.2 Å². The van der Waals surface area contributed by atoms with Crippen LogP contribution in [0.4, 0.5) is 15.4 Å². The van der Waals surface area contributed by atoms with Crippen LogP contribution in [0.5, 0.6) is 0 Å². The molecule has 0 radical (unpaired) electrons. The van der Waals surface area contributed by atoms with Gasteiger partial charge in [0, 0.05) is 25.3 Å². The predicted molar refractivity (Wildman–Crippen MR) is 119 cm³/mol. The van der Waals surface area contributed by atoms with Gasteiger partial charge in [-0.15, -0.1) is 0 Å². The number of rotatable bonds is 3. The summed E-state index contributed by atoms with van der Waals surface area (Å²) in [6.45, 7) is 7.33. The molecule has 1 unspecified atom stereocenters. The van der Waals surface area contributed by atoms with Crippen molar-refractivity contribution in [3.63, 3.8) is 0 Å². The van der Waals surface area contributed by atoms with E-state index < -0.39 is 5.60 Å². The van der Waals surface area contributed by atoms with Gasteiger partial charge < -0.3 is 14.5 Å². The molecular formula is C24H30N4O3. The third kappa shape index (κ3) is 4.65. The lowest BCUT2D eigenvalue weighted by molar-refractivity contribution is 0.0158. The molecule has 0 N–H and O–H groups in total. The summed E-state index contributed by atoms with van der Waals surface area (Å²) in [5, 5.41) is 0. The standard InChI is InChI=1S/C24H30N4O3/c1-24(2,3)31-23(30)26-15-12-19(13-16-26)28-20(18-9-5-4-6-10-18)17-27(22(28)29)21-11-7-8-14-25-21/h4-11,14,19-20H,12-13,15-17H2,1-3H3. The van der Waals surface area contributed by atoms with Crippen molar-refractivity contribution in [1.82, 2.24) is 14.8 Å². The highest BCUT2D eigenvalue weighted by molar-refractivity contribution is 5.94. The van der Waals surface area contributed by atoms with Crippen LogP contribution < -0.4 is 4.90 Å². The normalized spacial score (nSPS) is 20.3. The van der Waals surface area contributed by atoms with Crippen LogP contribution in [-0.2, 0) is 4.74 Å². The van der Waals surface area contributed by atoms with E-state index in [1.165, 1.54) is 0 Å². The SMILES string of the molecule is CC(C)(C)OC(=O)N1CCC(N2C(=O)N(c3ccccn3)CC2c2ccccc2)CC1. The molecule has 164 valence electrons. The van der Waals surface area contributed by atoms with Crippen LogP contribution in [0.3, 0.4) is 0 Å². The van der Waals surface area contributed by atoms with Gasteiger partial charge in [0.1, 0.15) is 11.4 Å². The fourth-order valence-corrected chi connectivity index (χ4v) is 4.32. The number of hydrogen-bond donors (Lipinski definition) is 0. The van der Waals surface area contributed by atoms with Crippen molar-refractivity contribution in [3.8, 4) is 0 Å². The van der Waals surface area contributed by atoms with Gasteiger partial charge >= 0.3 is 12.1 Å². The van der Waals surface area contributed by atoms with E-state index in [0.717, 1.165) is 18.4 Å². The predicted octanol–water partition coefficient (Wildman–Crippen LogP) is 4.46. The van der Waals surface area contributed by atoms with E-state index in [4.69, 9.17) is 4.74 Å². The van der Waals surface area contributed by atoms with Crippen molar-refractivity contribution < 1.29 is 14.3 Å². The first-order valence-electron chi connectivity index (χ1n) is 10.9. The van der Waals surface area contributed by atoms with E-state index >= 15 is 0 Å². The number of hydrogen-bond acceptors (Lipinski definition) is 4. The Morgan fingerprint density at radius 2 is 1.71 bits per heavy atom. The van der Waals surface area contributed by atoms with E-state index in [9.17, 15) is 9.59 Å². The number of nitrogens with zero attached hydrogens (tertiary/aromatic N) is 4. The Balaban J connectivity index is 1.52. The zero-order chi connectivity index (χ0) is 22.0. The number of pyridine rings is 1. The summed E-state index contributed by atoms with van der Waals surface area (Å²) in [7, 11) is 0. The van der Waals surface area contributed by atoms with Crippen molar-refractivity contribution in [2.75, 3.05) is 24.5 Å². The Morgan fingerprint density at radius 3 is 2.32 bits per heavy atom. The highest BCUT2D eigenvalue weighted by Crippen LogP contribution is 2.36. The molecule has 3 amide bonds. The first kappa shape index (κ1) is 21.2. The van der Waals surface area contributed by atoms with Crippen LogP contribution in [0.1, 0.15) is 45.2 Å². The van der Waals surface area contributed by atoms with Crippen molar-refractivity contribution >= 4 is 17.9 Å². The lowest BCUT2D eigenvalue weighted by Gasteiger charge is -2.39. The number of ether oxygens (including phenoxy) is 1. The Hall–Kier alpha value is -3.09. The average molecular weight is 423 g/mol. The molecule has 2 aliphatic rings. The summed E-state index contributed by atoms with van der Waals surface area (Å²) in [6, 6.07) is 15.7. The molecular weight excluding hydrogens is 392 g/mol. The Labute approximate surface area is 183 Å². The van der Waals surface area contributed by atoms with Gasteiger partial charge in [-0.1, -0.05) is 36.4 Å². The van der Waals surface area contributed by atoms with Crippen LogP contribution >= 0.6 is 0 Å². The number of aromatic nitrogens is 1. The molecule has 2 aliphatic heterocycles. The molecule has 0 saturated carbocycles. The average Bonchev–Trinajstić information content (AvgIpc) is 3.11. The summed E-state index contributed by atoms with van der Waals surface area (Å²) in [5.74, 6) is 0.669. The highest BCUT2D eigenvalue weighted by Gasteiger charge is 2.44. The molecule has 1 aromatic carbocycles. The molecule has 2 saturated heterocycles. The van der Waals surface area contributed by atoms with Crippen LogP contribution in [0.15, 0.2) is 54.7 Å². The number of benzene rings is 1. The molecule has 2 fully saturated rings. The molecule has 31 heavy (non-hydrogen) atoms. The number of anilines is 1. The minimum absolute atomic E-state index is 0.0247. The van der Waals surface area contributed by atoms with Gasteiger partial charge in [0.25, 0.3) is 0 Å². The largest absolute Gasteiger partial charge is 0.444 e. The van der Waals surface area contributed by atoms with Gasteiger partial charge in [-0.05, 0) is 51.3 Å². The van der Waals surface area contributed by atoms with Crippen LogP contribution in [0.25, 0.3) is 0 Å². The Morgan fingerprint density at radius 1 is 1.03 bits per heavy atom. The maximum absolute atomic E-state index is 13.5. The minimum Gasteiger partial charge on any atom is -0.444 e. The van der Waals surface area contributed by atoms with Gasteiger partial charge in [-0.2, -0.15) is 0 Å². The van der Waals surface area contributed by atoms with Gasteiger partial charge in [0.15, 0.2) is 0 Å². The second-order valence-electron chi connectivity index (χ2n) is 9.11. The maximum Gasteiger partial charge on any atom is 0.410 e. The van der Waals surface area contributed by atoms with Crippen LogP contribution in [0, 0.1) is 0 Å². The third-order valence-electron chi connectivity index (χ3n) is 5.76. The van der Waals surface area contributed by atoms with Crippen molar-refractivity contribution in [1.29, 1.82) is 0 Å². The molecule has 1 aromatic heterocycles. The van der Waals surface area contributed by atoms with Crippen molar-refractivity contribution in [2.45, 2.75) is 51.3 Å². The molecule has 7 nitrogen and oxygen atoms in total. The molecule has 7 heteroatoms. The van der Waals surface area contributed by atoms with Crippen molar-refractivity contribution in [2.24, 2.45) is 0 Å². The minimum atomic E-state index is -0.513. The van der Waals surface area contributed by atoms with Gasteiger partial charge in [-0.3, -0.25) is 4.90 Å². The lowest BCUT2D eigenvalue weighted by Crippen LogP contribution is -2.49. The Bertz CT molecular complexity index is 905. The summed E-state index contributed by atoms with van der Waals surface area (Å²) in [5.41, 5.74) is 0.601. The molecule has 4 rings (SSSR count). The zero-order valence-corrected chi connectivity index (χ0v) is 18.4. The van der Waals surface area contributed by atoms with Gasteiger partial charge in [0.05, 0.1) is 12.6 Å². The van der Waals surface area contributed by atoms with Crippen molar-refractivity contribution in [3.05, 3.63) is 60.3 Å². The van der Waals surface area contributed by atoms with Crippen LogP contribution in [0.2, 0.25) is 0 Å². The molecule has 0 spiro atoms. The topological polar surface area (TPSA) is 66.0 Å². The fourth-order valence-electron chi connectivity index (χ4n) is 4.32. The lowest BCUT2D eigenvalue weighted by atomic mass is 9.99. The smallest absolute Gasteiger partial charge is 0.410 e. The number of carbonyl (C=O) groups is 2. The Kier molecular flexibility index (Phi) is 5.85. The van der Waals surface area contributed by atoms with E-state index in [1.807, 2.05) is 62.1 Å². The highest BCUT2D eigenvalue weighted by atomic mass is 16.6. The molecule has 3 heterocycles. The van der Waals surface area contributed by atoms with E-state index in [2.05, 4.69) is 17.1 Å². The number of amides is 3. The van der Waals surface area contributed by atoms with E-state index in [1.54, 1.807) is 16.0 Å². The number of piperidine rings is 1. The quantitative estimate of drug-likeness (QED) is 0.732. The second-order valence-corrected chi connectivity index (χ2v) is 9.11. The first-order chi connectivity index (χ1) is 14.8. The molecule has 1 atom stereocenters. The molecule has 2 aromatic rings. The zero-order valence-electron chi connectivity index (χ0n) is 18.4. The molecule has 0 bridgehead atoms. The fraction of sp³-hybridized carbons (Fsp3) is 0.458. The summed E-state index contributed by atoms with van der Waals surface area (Å²) in [6.07, 6.45) is 2.88. The number of urea groups is 1. The first-order valence-corrected chi connectivity index (χ1v) is 10.9. The number of likely N-dealkylation sites (tertiary alicyclic amines) is 1.